The molecule has 0 fully saturated rings. The Hall–Kier alpha value is -11.2. The van der Waals surface area contributed by atoms with E-state index in [9.17, 15) is 0 Å². The summed E-state index contributed by atoms with van der Waals surface area (Å²) in [6, 6.07) is 109. The fraction of sp³-hybridized carbons (Fsp3) is 0.0723. The van der Waals surface area contributed by atoms with Crippen molar-refractivity contribution in [1.82, 2.24) is 14.1 Å². The number of benzene rings is 12. The molecule has 0 spiro atoms. The minimum atomic E-state index is -0.619. The summed E-state index contributed by atoms with van der Waals surface area (Å²) in [5, 5.41) is 4.62. The summed E-state index contributed by atoms with van der Waals surface area (Å²) >= 11 is 0. The Morgan fingerprint density at radius 2 is 0.899 bits per heavy atom. The van der Waals surface area contributed by atoms with E-state index >= 15 is 0 Å². The number of nitrogens with zero attached hydrogens (tertiary/aromatic N) is 5. The predicted molar refractivity (Wildman–Crippen MR) is 368 cm³/mol. The molecule has 0 amide bonds. The summed E-state index contributed by atoms with van der Waals surface area (Å²) in [5.41, 5.74) is 22.3. The SMILES string of the molecule is CC(C)(C)c1ccnc(-n2c3ccccc3c3cc(-n4c5ccccc5c5ccccc54)c(Oc4cccc(N5CN(c6c(-c7ccccc7)cc(C7(c8ccccc8)c8ccccc8-c8ccccc87)cc6-c6ccccc6)c6ccccc65)c4)cc32)c1. The standard InChI is InChI=1S/C83H61N5O/c1-82(2,3)58-46-47-84-80(50-58)88-74-43-22-17-38-66(74)69-52-78(87-72-41-20-15-36-64(72)65-37-16-21-42-73(65)87)79(53-77(69)88)89-61-33-25-32-60(51-61)85-54-86(76-45-24-23-44-75(76)85)81-67(55-26-7-4-8-27-55)48-59(49-68(81)56-28-9-5-10-29-56)83(57-30-11-6-12-31-57)70-39-18-13-34-62(70)63-35-14-19-40-71(63)83/h4-53H,54H2,1-3H3. The molecular weight excluding hydrogens is 1080 g/mol. The van der Waals surface area contributed by atoms with Gasteiger partial charge in [0.15, 0.2) is 5.75 Å². The Kier molecular flexibility index (Phi) is 12.0. The quantitative estimate of drug-likeness (QED) is 0.137. The number of anilines is 4. The summed E-state index contributed by atoms with van der Waals surface area (Å²) in [6.07, 6.45) is 1.94. The van der Waals surface area contributed by atoms with E-state index in [-0.39, 0.29) is 5.41 Å². The van der Waals surface area contributed by atoms with Crippen LogP contribution in [0.5, 0.6) is 11.5 Å². The molecule has 1 aliphatic heterocycles. The Morgan fingerprint density at radius 3 is 1.51 bits per heavy atom. The third kappa shape index (κ3) is 8.21. The van der Waals surface area contributed by atoms with Gasteiger partial charge in [-0.05, 0) is 128 Å². The molecule has 0 radical (unpaired) electrons. The summed E-state index contributed by atoms with van der Waals surface area (Å²) in [6.45, 7) is 7.31. The number of hydrogen-bond donors (Lipinski definition) is 0. The second-order valence-electron chi connectivity index (χ2n) is 24.7. The lowest BCUT2D eigenvalue weighted by Gasteiger charge is -2.36. The molecule has 0 atom stereocenters. The van der Waals surface area contributed by atoms with Gasteiger partial charge in [-0.1, -0.05) is 233 Å². The maximum Gasteiger partial charge on any atom is 0.153 e. The van der Waals surface area contributed by atoms with Gasteiger partial charge in [-0.3, -0.25) is 4.57 Å². The fourth-order valence-electron chi connectivity index (χ4n) is 14.7. The molecule has 0 unspecified atom stereocenters. The van der Waals surface area contributed by atoms with Crippen molar-refractivity contribution in [3.05, 3.63) is 331 Å². The zero-order valence-corrected chi connectivity index (χ0v) is 49.7. The van der Waals surface area contributed by atoms with Gasteiger partial charge in [-0.2, -0.15) is 0 Å². The van der Waals surface area contributed by atoms with Gasteiger partial charge >= 0.3 is 0 Å². The zero-order chi connectivity index (χ0) is 59.4. The predicted octanol–water partition coefficient (Wildman–Crippen LogP) is 21.3. The molecule has 6 heteroatoms. The van der Waals surface area contributed by atoms with Crippen LogP contribution in [-0.2, 0) is 10.8 Å². The van der Waals surface area contributed by atoms with Gasteiger partial charge in [-0.25, -0.2) is 4.98 Å². The van der Waals surface area contributed by atoms with Crippen LogP contribution in [0, 0.1) is 0 Å². The molecule has 3 aromatic heterocycles. The van der Waals surface area contributed by atoms with Gasteiger partial charge in [-0.15, -0.1) is 0 Å². The molecule has 0 saturated heterocycles. The van der Waals surface area contributed by atoms with Crippen molar-refractivity contribution in [3.63, 3.8) is 0 Å². The Balaban J connectivity index is 0.847. The second-order valence-corrected chi connectivity index (χ2v) is 24.7. The molecule has 12 aromatic carbocycles. The minimum Gasteiger partial charge on any atom is -0.455 e. The summed E-state index contributed by atoms with van der Waals surface area (Å²) in [7, 11) is 0. The van der Waals surface area contributed by atoms with Crippen LogP contribution in [0.15, 0.2) is 303 Å². The molecule has 89 heavy (non-hydrogen) atoms. The van der Waals surface area contributed by atoms with E-state index in [2.05, 4.69) is 337 Å². The van der Waals surface area contributed by atoms with Crippen molar-refractivity contribution in [2.24, 2.45) is 0 Å². The van der Waals surface area contributed by atoms with Crippen LogP contribution in [-0.4, -0.2) is 20.8 Å². The molecule has 15 aromatic rings. The number of ether oxygens (including phenoxy) is 1. The van der Waals surface area contributed by atoms with E-state index in [0.29, 0.717) is 6.67 Å². The monoisotopic (exact) mass is 1140 g/mol. The van der Waals surface area contributed by atoms with Crippen LogP contribution in [0.25, 0.3) is 88.5 Å². The topological polar surface area (TPSA) is 38.5 Å². The second kappa shape index (κ2) is 20.5. The number of para-hydroxylation sites is 5. The highest BCUT2D eigenvalue weighted by atomic mass is 16.5. The van der Waals surface area contributed by atoms with Crippen LogP contribution < -0.4 is 14.5 Å². The van der Waals surface area contributed by atoms with E-state index < -0.39 is 5.41 Å². The fourth-order valence-corrected chi connectivity index (χ4v) is 14.7. The maximum absolute atomic E-state index is 7.52. The average molecular weight is 1140 g/mol. The average Bonchev–Trinajstić information content (AvgIpc) is 1.60. The van der Waals surface area contributed by atoms with Crippen molar-refractivity contribution in [3.8, 4) is 56.4 Å². The minimum absolute atomic E-state index is 0.0760. The number of fused-ring (bicyclic) bond motifs is 10. The zero-order valence-electron chi connectivity index (χ0n) is 49.7. The van der Waals surface area contributed by atoms with E-state index in [0.717, 1.165) is 101 Å². The van der Waals surface area contributed by atoms with Crippen LogP contribution in [0.2, 0.25) is 0 Å². The lowest BCUT2D eigenvalue weighted by atomic mass is 9.66. The summed E-state index contributed by atoms with van der Waals surface area (Å²) in [5.74, 6) is 2.31. The van der Waals surface area contributed by atoms with Crippen molar-refractivity contribution in [2.45, 2.75) is 31.6 Å². The first-order chi connectivity index (χ1) is 43.8. The highest BCUT2D eigenvalue weighted by Gasteiger charge is 2.47. The summed E-state index contributed by atoms with van der Waals surface area (Å²) in [4.78, 5) is 10.1. The van der Waals surface area contributed by atoms with Crippen LogP contribution in [0.1, 0.15) is 48.6 Å². The van der Waals surface area contributed by atoms with Gasteiger partial charge in [0.1, 0.15) is 18.2 Å². The van der Waals surface area contributed by atoms with Gasteiger partial charge in [0.05, 0.1) is 50.2 Å². The lowest BCUT2D eigenvalue weighted by molar-refractivity contribution is 0.481. The van der Waals surface area contributed by atoms with Crippen LogP contribution >= 0.6 is 0 Å². The molecule has 0 saturated carbocycles. The third-order valence-corrected chi connectivity index (χ3v) is 18.7. The van der Waals surface area contributed by atoms with Crippen molar-refractivity contribution < 1.29 is 4.74 Å². The number of rotatable bonds is 10. The molecular formula is C83H61N5O. The first kappa shape index (κ1) is 52.1. The third-order valence-electron chi connectivity index (χ3n) is 18.7. The van der Waals surface area contributed by atoms with Gasteiger partial charge in [0.2, 0.25) is 0 Å². The van der Waals surface area contributed by atoms with E-state index in [1.54, 1.807) is 0 Å². The van der Waals surface area contributed by atoms with Crippen molar-refractivity contribution >= 4 is 66.4 Å². The van der Waals surface area contributed by atoms with Crippen molar-refractivity contribution in [1.29, 1.82) is 0 Å². The maximum atomic E-state index is 7.52. The van der Waals surface area contributed by atoms with Crippen LogP contribution in [0.3, 0.4) is 0 Å². The van der Waals surface area contributed by atoms with Gasteiger partial charge < -0.3 is 19.1 Å². The van der Waals surface area contributed by atoms with E-state index in [4.69, 9.17) is 9.72 Å². The van der Waals surface area contributed by atoms with Gasteiger partial charge in [0, 0.05) is 56.7 Å². The largest absolute Gasteiger partial charge is 0.455 e. The van der Waals surface area contributed by atoms with Crippen LogP contribution in [0.4, 0.5) is 22.7 Å². The highest BCUT2D eigenvalue weighted by Crippen LogP contribution is 2.59. The Bertz CT molecular complexity index is 5110. The van der Waals surface area contributed by atoms with Gasteiger partial charge in [0.25, 0.3) is 0 Å². The molecule has 1 aliphatic carbocycles. The first-order valence-electron chi connectivity index (χ1n) is 30.8. The Labute approximate surface area is 518 Å². The number of aromatic nitrogens is 3. The molecule has 2 aliphatic rings. The molecule has 424 valence electrons. The highest BCUT2D eigenvalue weighted by molar-refractivity contribution is 6.13. The summed E-state index contributed by atoms with van der Waals surface area (Å²) < 4.78 is 12.2. The first-order valence-corrected chi connectivity index (χ1v) is 30.8. The smallest absolute Gasteiger partial charge is 0.153 e. The lowest BCUT2D eigenvalue weighted by Crippen LogP contribution is -2.29. The Morgan fingerprint density at radius 1 is 0.382 bits per heavy atom. The molecule has 6 nitrogen and oxygen atoms in total. The number of hydrogen-bond acceptors (Lipinski definition) is 4. The molecule has 0 N–H and O–H groups in total. The molecule has 4 heterocycles. The van der Waals surface area contributed by atoms with E-state index in [1.165, 1.54) is 49.7 Å². The van der Waals surface area contributed by atoms with E-state index in [1.807, 2.05) is 6.20 Å². The normalized spacial score (nSPS) is 13.3. The molecule has 17 rings (SSSR count). The molecule has 0 bridgehead atoms. The number of pyridine rings is 1. The van der Waals surface area contributed by atoms with Crippen molar-refractivity contribution in [2.75, 3.05) is 16.5 Å².